The lowest BCUT2D eigenvalue weighted by molar-refractivity contribution is -0.115. The first-order valence-electron chi connectivity index (χ1n) is 7.37. The molecule has 3 aromatic rings. The molecule has 0 radical (unpaired) electrons. The zero-order valence-electron chi connectivity index (χ0n) is 12.8. The summed E-state index contributed by atoms with van der Waals surface area (Å²) >= 11 is 0. The Labute approximate surface area is 138 Å². The van der Waals surface area contributed by atoms with E-state index in [0.29, 0.717) is 17.1 Å². The quantitative estimate of drug-likeness (QED) is 0.639. The Morgan fingerprint density at radius 3 is 2.62 bits per heavy atom. The van der Waals surface area contributed by atoms with Gasteiger partial charge in [-0.1, -0.05) is 18.2 Å². The molecule has 6 heteroatoms. The average molecular weight is 320 g/mol. The van der Waals surface area contributed by atoms with Gasteiger partial charge in [0.2, 0.25) is 5.91 Å². The third-order valence-electron chi connectivity index (χ3n) is 3.58. The third-order valence-corrected chi connectivity index (χ3v) is 3.58. The van der Waals surface area contributed by atoms with Crippen LogP contribution in [0.2, 0.25) is 0 Å². The Hall–Kier alpha value is -3.41. The summed E-state index contributed by atoms with van der Waals surface area (Å²) in [5.41, 5.74) is 13.8. The lowest BCUT2D eigenvalue weighted by Crippen LogP contribution is -2.19. The summed E-state index contributed by atoms with van der Waals surface area (Å²) in [6, 6.07) is 15.7. The fraction of sp³-hybridized carbons (Fsp3) is 0.0556. The van der Waals surface area contributed by atoms with Gasteiger partial charge >= 0.3 is 0 Å². The van der Waals surface area contributed by atoms with Crippen molar-refractivity contribution in [3.8, 4) is 0 Å². The number of anilines is 2. The van der Waals surface area contributed by atoms with Crippen LogP contribution in [0.25, 0.3) is 10.9 Å². The van der Waals surface area contributed by atoms with Crippen molar-refractivity contribution in [2.24, 2.45) is 5.73 Å². The second-order valence-electron chi connectivity index (χ2n) is 5.39. The highest BCUT2D eigenvalue weighted by Gasteiger charge is 2.11. The van der Waals surface area contributed by atoms with Crippen molar-refractivity contribution in [3.05, 3.63) is 65.9 Å². The first-order chi connectivity index (χ1) is 11.5. The molecule has 0 spiro atoms. The minimum Gasteiger partial charge on any atom is -0.399 e. The maximum Gasteiger partial charge on any atom is 0.250 e. The molecule has 2 amide bonds. The van der Waals surface area contributed by atoms with Gasteiger partial charge in [0.25, 0.3) is 5.91 Å². The number of pyridine rings is 1. The van der Waals surface area contributed by atoms with Crippen LogP contribution in [0.15, 0.2) is 54.6 Å². The van der Waals surface area contributed by atoms with Crippen LogP contribution in [-0.4, -0.2) is 16.8 Å². The fourth-order valence-corrected chi connectivity index (χ4v) is 2.45. The fourth-order valence-electron chi connectivity index (χ4n) is 2.45. The van der Waals surface area contributed by atoms with Gasteiger partial charge in [-0.3, -0.25) is 14.6 Å². The molecule has 3 rings (SSSR count). The largest absolute Gasteiger partial charge is 0.399 e. The van der Waals surface area contributed by atoms with Crippen LogP contribution in [0.1, 0.15) is 16.1 Å². The second kappa shape index (κ2) is 6.37. The summed E-state index contributed by atoms with van der Waals surface area (Å²) in [5, 5.41) is 3.61. The number of aromatic nitrogens is 1. The summed E-state index contributed by atoms with van der Waals surface area (Å²) in [4.78, 5) is 28.1. The van der Waals surface area contributed by atoms with Gasteiger partial charge in [0.05, 0.1) is 28.9 Å². The van der Waals surface area contributed by atoms with Crippen molar-refractivity contribution in [1.29, 1.82) is 0 Å². The van der Waals surface area contributed by atoms with E-state index >= 15 is 0 Å². The average Bonchev–Trinajstić information content (AvgIpc) is 2.55. The number of nitrogens with zero attached hydrogens (tertiary/aromatic N) is 1. The molecule has 0 aliphatic rings. The van der Waals surface area contributed by atoms with Crippen molar-refractivity contribution in [2.75, 3.05) is 11.1 Å². The highest BCUT2D eigenvalue weighted by atomic mass is 16.2. The van der Waals surface area contributed by atoms with E-state index in [1.165, 1.54) is 0 Å². The number of primary amides is 1. The molecular weight excluding hydrogens is 304 g/mol. The smallest absolute Gasteiger partial charge is 0.250 e. The van der Waals surface area contributed by atoms with E-state index in [1.807, 2.05) is 18.2 Å². The van der Waals surface area contributed by atoms with Crippen LogP contribution in [0.5, 0.6) is 0 Å². The summed E-state index contributed by atoms with van der Waals surface area (Å²) in [6.07, 6.45) is 0.0907. The molecule has 5 N–H and O–H groups in total. The number of nitrogens with one attached hydrogen (secondary N) is 1. The van der Waals surface area contributed by atoms with Crippen molar-refractivity contribution < 1.29 is 9.59 Å². The summed E-state index contributed by atoms with van der Waals surface area (Å²) < 4.78 is 0. The maximum atomic E-state index is 12.2. The Morgan fingerprint density at radius 2 is 1.83 bits per heavy atom. The highest BCUT2D eigenvalue weighted by Crippen LogP contribution is 2.17. The molecule has 24 heavy (non-hydrogen) atoms. The Kier molecular flexibility index (Phi) is 4.11. The van der Waals surface area contributed by atoms with Crippen LogP contribution >= 0.6 is 0 Å². The minimum absolute atomic E-state index is 0.0907. The molecule has 0 unspecified atom stereocenters. The molecule has 1 heterocycles. The number of carbonyl (C=O) groups excluding carboxylic acids is 2. The number of nitrogen functional groups attached to an aromatic ring is 1. The lowest BCUT2D eigenvalue weighted by atomic mass is 10.1. The molecule has 0 aliphatic carbocycles. The molecule has 0 bridgehead atoms. The third kappa shape index (κ3) is 3.33. The molecule has 0 fully saturated rings. The number of fused-ring (bicyclic) bond motifs is 1. The number of rotatable bonds is 4. The molecule has 0 saturated heterocycles. The molecular formula is C18H16N4O2. The van der Waals surface area contributed by atoms with Gasteiger partial charge in [-0.05, 0) is 36.4 Å². The molecule has 0 aliphatic heterocycles. The van der Waals surface area contributed by atoms with Gasteiger partial charge in [-0.15, -0.1) is 0 Å². The first-order valence-corrected chi connectivity index (χ1v) is 7.37. The van der Waals surface area contributed by atoms with Crippen molar-refractivity contribution >= 4 is 34.1 Å². The minimum atomic E-state index is -0.590. The summed E-state index contributed by atoms with van der Waals surface area (Å²) in [5.74, 6) is -0.863. The van der Waals surface area contributed by atoms with Gasteiger partial charge < -0.3 is 16.8 Å². The van der Waals surface area contributed by atoms with Crippen molar-refractivity contribution in [1.82, 2.24) is 4.98 Å². The Balaban J connectivity index is 1.78. The second-order valence-corrected chi connectivity index (χ2v) is 5.39. The van der Waals surface area contributed by atoms with Crippen molar-refractivity contribution in [2.45, 2.75) is 6.42 Å². The molecule has 2 aromatic carbocycles. The van der Waals surface area contributed by atoms with Crippen LogP contribution in [-0.2, 0) is 11.2 Å². The molecule has 6 nitrogen and oxygen atoms in total. The monoisotopic (exact) mass is 320 g/mol. The predicted molar refractivity (Wildman–Crippen MR) is 93.4 cm³/mol. The highest BCUT2D eigenvalue weighted by molar-refractivity contribution is 6.03. The summed E-state index contributed by atoms with van der Waals surface area (Å²) in [6.45, 7) is 0. The number of nitrogens with two attached hydrogens (primary N) is 2. The number of hydrogen-bond acceptors (Lipinski definition) is 4. The van der Waals surface area contributed by atoms with Gasteiger partial charge in [-0.25, -0.2) is 0 Å². The van der Waals surface area contributed by atoms with Gasteiger partial charge in [-0.2, -0.15) is 0 Å². The van der Waals surface area contributed by atoms with Gasteiger partial charge in [0.1, 0.15) is 0 Å². The van der Waals surface area contributed by atoms with E-state index in [0.717, 1.165) is 10.9 Å². The van der Waals surface area contributed by atoms with Gasteiger partial charge in [0, 0.05) is 11.1 Å². The van der Waals surface area contributed by atoms with Crippen LogP contribution in [0.4, 0.5) is 11.4 Å². The normalized spacial score (nSPS) is 10.5. The van der Waals surface area contributed by atoms with E-state index in [2.05, 4.69) is 10.3 Å². The molecule has 0 saturated carbocycles. The predicted octanol–water partition coefficient (Wildman–Crippen LogP) is 2.10. The molecule has 120 valence electrons. The number of carbonyl (C=O) groups is 2. The summed E-state index contributed by atoms with van der Waals surface area (Å²) in [7, 11) is 0. The number of amides is 2. The standard InChI is InChI=1S/C18H16N4O2/c19-12-6-8-15-11(9-12)5-7-13(21-15)10-17(23)22-16-4-2-1-3-14(16)18(20)24/h1-9H,10,19H2,(H2,20,24)(H,22,23). The topological polar surface area (TPSA) is 111 Å². The number of benzene rings is 2. The van der Waals surface area contributed by atoms with Crippen LogP contribution in [0.3, 0.4) is 0 Å². The molecule has 0 atom stereocenters. The van der Waals surface area contributed by atoms with E-state index in [1.54, 1.807) is 36.4 Å². The molecule has 1 aromatic heterocycles. The first kappa shape index (κ1) is 15.5. The van der Waals surface area contributed by atoms with Crippen LogP contribution in [0, 0.1) is 0 Å². The van der Waals surface area contributed by atoms with Gasteiger partial charge in [0.15, 0.2) is 0 Å². The Bertz CT molecular complexity index is 937. The van der Waals surface area contributed by atoms with E-state index in [-0.39, 0.29) is 17.9 Å². The zero-order chi connectivity index (χ0) is 17.1. The van der Waals surface area contributed by atoms with E-state index < -0.39 is 5.91 Å². The van der Waals surface area contributed by atoms with Crippen LogP contribution < -0.4 is 16.8 Å². The van der Waals surface area contributed by atoms with E-state index in [9.17, 15) is 9.59 Å². The van der Waals surface area contributed by atoms with E-state index in [4.69, 9.17) is 11.5 Å². The Morgan fingerprint density at radius 1 is 1.04 bits per heavy atom. The van der Waals surface area contributed by atoms with Crippen molar-refractivity contribution in [3.63, 3.8) is 0 Å². The lowest BCUT2D eigenvalue weighted by Gasteiger charge is -2.09. The maximum absolute atomic E-state index is 12.2. The number of hydrogen-bond donors (Lipinski definition) is 3. The SMILES string of the molecule is NC(=O)c1ccccc1NC(=O)Cc1ccc2cc(N)ccc2n1. The number of para-hydroxylation sites is 1. The zero-order valence-corrected chi connectivity index (χ0v) is 12.8.